The van der Waals surface area contributed by atoms with Gasteiger partial charge in [-0.05, 0) is 48.6 Å². The molecule has 0 aliphatic carbocycles. The van der Waals surface area contributed by atoms with Crippen molar-refractivity contribution >= 4 is 38.8 Å². The Morgan fingerprint density at radius 2 is 1.45 bits per heavy atom. The predicted octanol–water partition coefficient (Wildman–Crippen LogP) is 3.10. The Hall–Kier alpha value is -1.54. The Morgan fingerprint density at radius 1 is 0.909 bits per heavy atom. The van der Waals surface area contributed by atoms with Gasteiger partial charge in [-0.25, -0.2) is 8.42 Å². The zero-order valence-electron chi connectivity index (χ0n) is 19.2. The number of benzene rings is 3. The van der Waals surface area contributed by atoms with Gasteiger partial charge in [-0.2, -0.15) is 0 Å². The summed E-state index contributed by atoms with van der Waals surface area (Å²) in [6, 6.07) is 25.5. The molecular formula is C26H26NNaO3S2. The molecule has 1 heterocycles. The molecule has 4 rings (SSSR count). The van der Waals surface area contributed by atoms with Crippen molar-refractivity contribution in [1.82, 2.24) is 0 Å². The van der Waals surface area contributed by atoms with Crippen LogP contribution in [-0.2, 0) is 16.7 Å². The van der Waals surface area contributed by atoms with Gasteiger partial charge in [0, 0.05) is 40.4 Å². The van der Waals surface area contributed by atoms with Crippen LogP contribution in [0.25, 0.3) is 5.57 Å². The number of anilines is 2. The summed E-state index contributed by atoms with van der Waals surface area (Å²) in [5.41, 5.74) is 8.31. The van der Waals surface area contributed by atoms with Crippen LogP contribution in [0.1, 0.15) is 35.6 Å². The van der Waals surface area contributed by atoms with Gasteiger partial charge in [0.15, 0.2) is 0 Å². The Balaban J connectivity index is 0.00000306. The number of aryl methyl sites for hydroxylation is 1. The fourth-order valence-electron chi connectivity index (χ4n) is 4.07. The van der Waals surface area contributed by atoms with E-state index in [1.807, 2.05) is 0 Å². The van der Waals surface area contributed by atoms with Crippen molar-refractivity contribution in [2.24, 2.45) is 0 Å². The van der Waals surface area contributed by atoms with Gasteiger partial charge in [-0.3, -0.25) is 0 Å². The zero-order chi connectivity index (χ0) is 22.7. The van der Waals surface area contributed by atoms with Crippen molar-refractivity contribution in [2.45, 2.75) is 26.8 Å². The smallest absolute Gasteiger partial charge is 0.748 e. The van der Waals surface area contributed by atoms with Gasteiger partial charge in [0.05, 0.1) is 10.1 Å². The average Bonchev–Trinajstić information content (AvgIpc) is 2.77. The standard InChI is InChI=1S/C26H27NO3S2.Na/c1-19-12-14-21(15-13-19)18-27-24-10-5-3-8-22(24)26(23-9-4-6-11-25(23)27)20(2)31-16-7-17-32(28,29)30;/h3-6,8-15H,7,16-18H2,1-2H3,(H,28,29,30);/q;+1/p-1. The quantitative estimate of drug-likeness (QED) is 0.291. The number of para-hydroxylation sites is 2. The monoisotopic (exact) mass is 487 g/mol. The summed E-state index contributed by atoms with van der Waals surface area (Å²) >= 11 is 1.62. The number of hydrogen-bond donors (Lipinski definition) is 0. The molecule has 0 bridgehead atoms. The normalized spacial score (nSPS) is 12.6. The third-order valence-corrected chi connectivity index (χ3v) is 7.52. The van der Waals surface area contributed by atoms with Gasteiger partial charge < -0.3 is 9.45 Å². The van der Waals surface area contributed by atoms with E-state index in [-0.39, 0.29) is 35.3 Å². The van der Waals surface area contributed by atoms with Crippen LogP contribution in [0.5, 0.6) is 0 Å². The fraction of sp³-hybridized carbons (Fsp3) is 0.231. The number of rotatable bonds is 7. The largest absolute Gasteiger partial charge is 1.00 e. The molecule has 33 heavy (non-hydrogen) atoms. The first-order chi connectivity index (χ1) is 15.3. The molecule has 0 saturated heterocycles. The van der Waals surface area contributed by atoms with Crippen LogP contribution in [0.4, 0.5) is 11.4 Å². The molecule has 0 spiro atoms. The molecule has 166 valence electrons. The third-order valence-electron chi connectivity index (χ3n) is 5.60. The summed E-state index contributed by atoms with van der Waals surface area (Å²) < 4.78 is 32.8. The van der Waals surface area contributed by atoms with Crippen LogP contribution in [0.2, 0.25) is 0 Å². The van der Waals surface area contributed by atoms with Crippen LogP contribution >= 0.6 is 11.8 Å². The molecular weight excluding hydrogens is 461 g/mol. The summed E-state index contributed by atoms with van der Waals surface area (Å²) in [5, 5.41) is 0. The van der Waals surface area contributed by atoms with E-state index < -0.39 is 10.1 Å². The molecule has 0 N–H and O–H groups in total. The van der Waals surface area contributed by atoms with E-state index in [1.54, 1.807) is 11.8 Å². The molecule has 1 aliphatic heterocycles. The van der Waals surface area contributed by atoms with E-state index in [0.29, 0.717) is 12.2 Å². The third kappa shape index (κ3) is 6.32. The van der Waals surface area contributed by atoms with E-state index in [1.165, 1.54) is 27.8 Å². The van der Waals surface area contributed by atoms with Crippen molar-refractivity contribution in [3.63, 3.8) is 0 Å². The van der Waals surface area contributed by atoms with Crippen molar-refractivity contribution < 1.29 is 42.5 Å². The molecule has 4 nitrogen and oxygen atoms in total. The molecule has 0 amide bonds. The zero-order valence-corrected chi connectivity index (χ0v) is 22.9. The van der Waals surface area contributed by atoms with E-state index in [4.69, 9.17) is 0 Å². The predicted molar refractivity (Wildman–Crippen MR) is 133 cm³/mol. The first-order valence-corrected chi connectivity index (χ1v) is 13.2. The number of thioether (sulfide) groups is 1. The maximum Gasteiger partial charge on any atom is 1.00 e. The van der Waals surface area contributed by atoms with Gasteiger partial charge >= 0.3 is 29.6 Å². The second-order valence-corrected chi connectivity index (χ2v) is 10.8. The Morgan fingerprint density at radius 3 is 2.00 bits per heavy atom. The summed E-state index contributed by atoms with van der Waals surface area (Å²) in [5.74, 6) is 0.272. The van der Waals surface area contributed by atoms with Gasteiger partial charge in [-0.15, -0.1) is 11.8 Å². The van der Waals surface area contributed by atoms with Gasteiger partial charge in [0.25, 0.3) is 0 Å². The molecule has 0 unspecified atom stereocenters. The molecule has 1 aliphatic rings. The van der Waals surface area contributed by atoms with Gasteiger partial charge in [-0.1, -0.05) is 66.2 Å². The number of hydrogen-bond acceptors (Lipinski definition) is 5. The molecule has 0 fully saturated rings. The molecule has 0 radical (unpaired) electrons. The first-order valence-electron chi connectivity index (χ1n) is 10.6. The fourth-order valence-corrected chi connectivity index (χ4v) is 5.71. The minimum Gasteiger partial charge on any atom is -0.748 e. The minimum atomic E-state index is -4.17. The van der Waals surface area contributed by atoms with E-state index >= 15 is 0 Å². The second kappa shape index (κ2) is 11.3. The number of nitrogens with zero attached hydrogens (tertiary/aromatic N) is 1. The first kappa shape index (κ1) is 26.1. The minimum absolute atomic E-state index is 0. The molecule has 0 saturated carbocycles. The number of fused-ring (bicyclic) bond motifs is 2. The topological polar surface area (TPSA) is 60.4 Å². The summed E-state index contributed by atoms with van der Waals surface area (Å²) in [7, 11) is -4.17. The molecule has 0 aromatic heterocycles. The van der Waals surface area contributed by atoms with Crippen molar-refractivity contribution in [2.75, 3.05) is 16.4 Å². The second-order valence-electron chi connectivity index (χ2n) is 8.00. The number of allylic oxidation sites excluding steroid dienone is 1. The molecule has 3 aromatic carbocycles. The van der Waals surface area contributed by atoms with E-state index in [0.717, 1.165) is 22.8 Å². The van der Waals surface area contributed by atoms with Crippen LogP contribution in [0.3, 0.4) is 0 Å². The van der Waals surface area contributed by atoms with Gasteiger partial charge in [0.1, 0.15) is 0 Å². The van der Waals surface area contributed by atoms with Gasteiger partial charge in [0.2, 0.25) is 0 Å². The van der Waals surface area contributed by atoms with Crippen LogP contribution in [0, 0.1) is 6.92 Å². The average molecular weight is 488 g/mol. The van der Waals surface area contributed by atoms with Crippen LogP contribution in [0.15, 0.2) is 77.7 Å². The summed E-state index contributed by atoms with van der Waals surface area (Å²) in [4.78, 5) is 3.49. The Labute approximate surface area is 223 Å². The van der Waals surface area contributed by atoms with Crippen molar-refractivity contribution in [1.29, 1.82) is 0 Å². The summed E-state index contributed by atoms with van der Waals surface area (Å²) in [6.45, 7) is 4.95. The van der Waals surface area contributed by atoms with Crippen molar-refractivity contribution in [3.05, 3.63) is 100.0 Å². The molecule has 0 atom stereocenters. The van der Waals surface area contributed by atoms with Crippen molar-refractivity contribution in [3.8, 4) is 0 Å². The maximum atomic E-state index is 10.9. The SMILES string of the molecule is CC(SCCCS(=O)(=O)[O-])=C1c2ccccc2N(Cc2ccc(C)cc2)c2ccccc21.[Na+]. The maximum absolute atomic E-state index is 10.9. The van der Waals surface area contributed by atoms with Crippen LogP contribution in [-0.4, -0.2) is 24.5 Å². The molecule has 7 heteroatoms. The summed E-state index contributed by atoms with van der Waals surface area (Å²) in [6.07, 6.45) is 0.351. The molecule has 3 aromatic rings. The Kier molecular flexibility index (Phi) is 8.89. The van der Waals surface area contributed by atoms with E-state index in [9.17, 15) is 13.0 Å². The Bertz CT molecular complexity index is 1210. The van der Waals surface area contributed by atoms with Crippen LogP contribution < -0.4 is 34.5 Å². The van der Waals surface area contributed by atoms with E-state index in [2.05, 4.69) is 91.5 Å².